The Hall–Kier alpha value is 0.516. The summed E-state index contributed by atoms with van der Waals surface area (Å²) >= 11 is 0. The van der Waals surface area contributed by atoms with Crippen LogP contribution in [0.5, 0.6) is 0 Å². The summed E-state index contributed by atoms with van der Waals surface area (Å²) in [4.78, 5) is 0. The molecule has 0 rings (SSSR count). The number of hydrogen-bond donors (Lipinski definition) is 0. The first-order valence-electron chi connectivity index (χ1n) is 0. The third-order valence-corrected chi connectivity index (χ3v) is 0. The fourth-order valence-corrected chi connectivity index (χ4v) is 0. The molecule has 0 aliphatic rings. The van der Waals surface area contributed by atoms with Crippen LogP contribution in [0.25, 0.3) is 0 Å². The molecule has 0 aliphatic carbocycles. The number of rotatable bonds is 0. The van der Waals surface area contributed by atoms with Gasteiger partial charge in [0.2, 0.25) is 0 Å². The van der Waals surface area contributed by atoms with Crippen molar-refractivity contribution < 1.29 is 67.5 Å². The monoisotopic (exact) mass is 220 g/mol. The molecule has 9 heavy (non-hydrogen) atoms. The van der Waals surface area contributed by atoms with Gasteiger partial charge in [-0.15, -0.1) is 0 Å². The molecule has 0 aromatic carbocycles. The van der Waals surface area contributed by atoms with Gasteiger partial charge < -0.3 is 50.7 Å². The molecule has 0 amide bonds. The fraction of sp³-hybridized carbons (Fsp3) is 0. The summed E-state index contributed by atoms with van der Waals surface area (Å²) in [5.41, 5.74) is 0. The normalized spacial score (nSPS) is 0. The molecule has 0 fully saturated rings. The van der Waals surface area contributed by atoms with Crippen LogP contribution in [0.3, 0.4) is 0 Å². The van der Waals surface area contributed by atoms with E-state index in [1.165, 1.54) is 0 Å². The molecule has 0 aliphatic heterocycles. The molecule has 14 N–H and O–H groups in total. The molecule has 0 bridgehead atoms. The van der Waals surface area contributed by atoms with Crippen molar-refractivity contribution in [2.45, 2.75) is 0 Å². The van der Waals surface area contributed by atoms with E-state index in [9.17, 15) is 0 Å². The van der Waals surface area contributed by atoms with E-state index in [1.807, 2.05) is 0 Å². The third kappa shape index (κ3) is 1360. The van der Waals surface area contributed by atoms with Gasteiger partial charge in [-0.05, 0) is 0 Å². The Balaban J connectivity index is 0. The molecule has 0 saturated carbocycles. The van der Waals surface area contributed by atoms with Crippen molar-refractivity contribution in [2.75, 3.05) is 0 Å². The van der Waals surface area contributed by atoms with Gasteiger partial charge in [0.25, 0.3) is 0 Å². The molecular weight excluding hydrogens is 206 g/mol. The molecule has 0 heterocycles. The van der Waals surface area contributed by atoms with Gasteiger partial charge in [0.1, 0.15) is 0 Å². The molecule has 0 saturated heterocycles. The van der Waals surface area contributed by atoms with Crippen LogP contribution in [0.1, 0.15) is 0 Å². The van der Waals surface area contributed by atoms with Gasteiger partial charge in [-0.2, -0.15) is 0 Å². The Morgan fingerprint density at radius 2 is 0.333 bits per heavy atom. The largest absolute Gasteiger partial charge is 2.00 e. The van der Waals surface area contributed by atoms with Crippen LogP contribution in [-0.2, 0) is 16.8 Å². The maximum Gasteiger partial charge on any atom is 2.00 e. The van der Waals surface area contributed by atoms with Crippen molar-refractivity contribution in [3.05, 3.63) is 0 Å². The molecule has 9 heteroatoms. The molecule has 71 valence electrons. The van der Waals surface area contributed by atoms with E-state index in [2.05, 4.69) is 0 Å². The van der Waals surface area contributed by atoms with Gasteiger partial charge in [-0.25, -0.2) is 0 Å². The summed E-state index contributed by atoms with van der Waals surface area (Å²) < 4.78 is 0. The minimum atomic E-state index is 0. The maximum atomic E-state index is 0. The SMILES string of the molecule is O.O.O.O.O.O.O.[Cl-].[Co+2]. The van der Waals surface area contributed by atoms with E-state index >= 15 is 0 Å². The topological polar surface area (TPSA) is 220 Å². The molecular formula is H14ClCoO7+. The van der Waals surface area contributed by atoms with Gasteiger partial charge in [0.15, 0.2) is 0 Å². The molecule has 0 unspecified atom stereocenters. The quantitative estimate of drug-likeness (QED) is 0.371. The van der Waals surface area contributed by atoms with Gasteiger partial charge in [0.05, 0.1) is 0 Å². The summed E-state index contributed by atoms with van der Waals surface area (Å²) in [6.45, 7) is 0. The molecule has 7 nitrogen and oxygen atoms in total. The average molecular weight is 220 g/mol. The minimum absolute atomic E-state index is 0. The van der Waals surface area contributed by atoms with E-state index in [0.29, 0.717) is 0 Å². The second-order valence-electron chi connectivity index (χ2n) is 0. The summed E-state index contributed by atoms with van der Waals surface area (Å²) in [5, 5.41) is 0. The van der Waals surface area contributed by atoms with Crippen LogP contribution in [0.4, 0.5) is 0 Å². The van der Waals surface area contributed by atoms with Crippen LogP contribution >= 0.6 is 0 Å². The predicted octanol–water partition coefficient (Wildman–Crippen LogP) is -8.77. The Kier molecular flexibility index (Phi) is 519000. The first-order chi connectivity index (χ1) is 0. The van der Waals surface area contributed by atoms with Crippen molar-refractivity contribution in [3.8, 4) is 0 Å². The van der Waals surface area contributed by atoms with E-state index in [0.717, 1.165) is 0 Å². The Morgan fingerprint density at radius 3 is 0.333 bits per heavy atom. The van der Waals surface area contributed by atoms with Crippen molar-refractivity contribution in [1.29, 1.82) is 0 Å². The number of halogens is 1. The summed E-state index contributed by atoms with van der Waals surface area (Å²) in [7, 11) is 0. The predicted molar refractivity (Wildman–Crippen MR) is 25.3 cm³/mol. The van der Waals surface area contributed by atoms with E-state index in [1.54, 1.807) is 0 Å². The van der Waals surface area contributed by atoms with Gasteiger partial charge in [-0.3, -0.25) is 0 Å². The van der Waals surface area contributed by atoms with Gasteiger partial charge in [-0.1, -0.05) is 0 Å². The smallest absolute Gasteiger partial charge is 1.00 e. The molecule has 0 aromatic rings. The molecule has 0 spiro atoms. The average Bonchev–Trinajstić information content (AvgIpc) is 0. The zero-order chi connectivity index (χ0) is 0. The van der Waals surface area contributed by atoms with E-state index in [-0.39, 0.29) is 67.5 Å². The standard InChI is InChI=1S/ClH.Co.7H2O/h1H;;7*1H2/q;+2;;;;;;;/p-1. The Bertz CT molecular complexity index is 8.88. The maximum absolute atomic E-state index is 0. The Morgan fingerprint density at radius 1 is 0.333 bits per heavy atom. The zero-order valence-electron chi connectivity index (χ0n) is 4.21. The van der Waals surface area contributed by atoms with E-state index in [4.69, 9.17) is 0 Å². The van der Waals surface area contributed by atoms with E-state index < -0.39 is 0 Å². The third-order valence-electron chi connectivity index (χ3n) is 0. The summed E-state index contributed by atoms with van der Waals surface area (Å²) in [6, 6.07) is 0. The van der Waals surface area contributed by atoms with Crippen LogP contribution < -0.4 is 12.4 Å². The Labute approximate surface area is 68.2 Å². The molecule has 0 aromatic heterocycles. The van der Waals surface area contributed by atoms with Crippen molar-refractivity contribution in [1.82, 2.24) is 0 Å². The first kappa shape index (κ1) is 2590. The van der Waals surface area contributed by atoms with Crippen molar-refractivity contribution in [2.24, 2.45) is 0 Å². The summed E-state index contributed by atoms with van der Waals surface area (Å²) in [6.07, 6.45) is 0. The molecule has 1 radical (unpaired) electrons. The van der Waals surface area contributed by atoms with Crippen LogP contribution in [0.2, 0.25) is 0 Å². The van der Waals surface area contributed by atoms with Crippen LogP contribution in [0, 0.1) is 0 Å². The fourth-order valence-electron chi connectivity index (χ4n) is 0. The second kappa shape index (κ2) is 1800. The first-order valence-corrected chi connectivity index (χ1v) is 0. The minimum Gasteiger partial charge on any atom is -1.00 e. The summed E-state index contributed by atoms with van der Waals surface area (Å²) in [5.74, 6) is 0. The van der Waals surface area contributed by atoms with Gasteiger partial charge in [0, 0.05) is 0 Å². The van der Waals surface area contributed by atoms with Crippen LogP contribution in [0.15, 0.2) is 0 Å². The van der Waals surface area contributed by atoms with Gasteiger partial charge >= 0.3 is 16.8 Å². The van der Waals surface area contributed by atoms with Crippen molar-refractivity contribution >= 4 is 0 Å². The van der Waals surface area contributed by atoms with Crippen LogP contribution in [-0.4, -0.2) is 38.3 Å². The second-order valence-corrected chi connectivity index (χ2v) is 0. The molecule has 0 atom stereocenters. The van der Waals surface area contributed by atoms with Crippen molar-refractivity contribution in [3.63, 3.8) is 0 Å². The number of hydrogen-bond acceptors (Lipinski definition) is 0. The zero-order valence-corrected chi connectivity index (χ0v) is 6.01.